The lowest BCUT2D eigenvalue weighted by molar-refractivity contribution is -0.258. The van der Waals surface area contributed by atoms with Crippen molar-refractivity contribution in [2.75, 3.05) is 19.6 Å². The second kappa shape index (κ2) is 12.7. The smallest absolute Gasteiger partial charge is 0.421 e. The highest BCUT2D eigenvalue weighted by Crippen LogP contribution is 2.39. The Morgan fingerprint density at radius 3 is 2.32 bits per heavy atom. The number of rotatable bonds is 9. The number of aliphatic hydroxyl groups is 1. The minimum atomic E-state index is -4.76. The largest absolute Gasteiger partial charge is 0.463 e. The summed E-state index contributed by atoms with van der Waals surface area (Å²) in [7, 11) is 0. The Kier molecular flexibility index (Phi) is 9.51. The van der Waals surface area contributed by atoms with E-state index in [1.165, 1.54) is 17.7 Å². The summed E-state index contributed by atoms with van der Waals surface area (Å²) in [5, 5.41) is 9.98. The van der Waals surface area contributed by atoms with Gasteiger partial charge in [-0.3, -0.25) is 19.6 Å². The van der Waals surface area contributed by atoms with Gasteiger partial charge in [0.1, 0.15) is 0 Å². The first kappa shape index (κ1) is 30.7. The van der Waals surface area contributed by atoms with Crippen LogP contribution in [-0.2, 0) is 28.2 Å². The van der Waals surface area contributed by atoms with Crippen molar-refractivity contribution in [3.63, 3.8) is 0 Å². The fourth-order valence-electron chi connectivity index (χ4n) is 5.27. The number of nitrogens with zero attached hydrogens (tertiary/aromatic N) is 3. The van der Waals surface area contributed by atoms with E-state index in [0.29, 0.717) is 13.0 Å². The van der Waals surface area contributed by atoms with E-state index >= 15 is 0 Å². The minimum absolute atomic E-state index is 0.00853. The molecule has 4 rings (SSSR count). The Bertz CT molecular complexity index is 1310. The average molecular weight is 570 g/mol. The van der Waals surface area contributed by atoms with Crippen molar-refractivity contribution >= 4 is 5.97 Å². The standard InChI is InChI=1S/C32H38F3N3O3/c1-22(2)41-30(39)18-28-21-37(19-24-11-13-36-14-12-24)15-16-38(28)20-25-5-10-29(23(3)17-25)26-6-8-27(9-7-26)31(4,40)32(33,34)35/h5-14,17,22,28,40H,15-16,18-21H2,1-4H3. The molecule has 0 radical (unpaired) electrons. The van der Waals surface area contributed by atoms with E-state index in [2.05, 4.69) is 20.9 Å². The molecule has 3 aromatic rings. The first-order valence-corrected chi connectivity index (χ1v) is 13.9. The lowest BCUT2D eigenvalue weighted by Crippen LogP contribution is -2.53. The van der Waals surface area contributed by atoms with Crippen LogP contribution < -0.4 is 0 Å². The predicted molar refractivity (Wildman–Crippen MR) is 152 cm³/mol. The summed E-state index contributed by atoms with van der Waals surface area (Å²) in [6.45, 7) is 10.3. The SMILES string of the molecule is Cc1cc(CN2CCN(Cc3ccncc3)CC2CC(=O)OC(C)C)ccc1-c1ccc(C(C)(O)C(F)(F)F)cc1. The molecule has 2 heterocycles. The molecule has 1 saturated heterocycles. The Morgan fingerprint density at radius 2 is 1.71 bits per heavy atom. The van der Waals surface area contributed by atoms with Gasteiger partial charge in [0.2, 0.25) is 0 Å². The highest BCUT2D eigenvalue weighted by molar-refractivity contribution is 5.70. The number of carbonyl (C=O) groups is 1. The van der Waals surface area contributed by atoms with Gasteiger partial charge in [0.25, 0.3) is 0 Å². The predicted octanol–water partition coefficient (Wildman–Crippen LogP) is 5.85. The molecular formula is C32H38F3N3O3. The number of halogens is 3. The summed E-state index contributed by atoms with van der Waals surface area (Å²) in [5.41, 5.74) is 1.83. The number of carbonyl (C=O) groups excluding carboxylic acids is 1. The summed E-state index contributed by atoms with van der Waals surface area (Å²) in [5.74, 6) is -0.208. The van der Waals surface area contributed by atoms with Gasteiger partial charge in [0.05, 0.1) is 12.5 Å². The van der Waals surface area contributed by atoms with Gasteiger partial charge in [-0.1, -0.05) is 42.5 Å². The van der Waals surface area contributed by atoms with Crippen molar-refractivity contribution in [2.45, 2.75) is 71.1 Å². The number of hydrogen-bond donors (Lipinski definition) is 1. The quantitative estimate of drug-likeness (QED) is 0.326. The number of alkyl halides is 3. The number of piperazine rings is 1. The van der Waals surface area contributed by atoms with Gasteiger partial charge in [-0.25, -0.2) is 0 Å². The van der Waals surface area contributed by atoms with Gasteiger partial charge in [-0.05, 0) is 73.2 Å². The van der Waals surface area contributed by atoms with Crippen molar-refractivity contribution in [3.05, 3.63) is 89.2 Å². The van der Waals surface area contributed by atoms with Crippen LogP contribution in [0.3, 0.4) is 0 Å². The number of ether oxygens (including phenoxy) is 1. The molecule has 9 heteroatoms. The number of benzene rings is 2. The summed E-state index contributed by atoms with van der Waals surface area (Å²) in [4.78, 5) is 21.4. The molecule has 0 aliphatic carbocycles. The molecule has 41 heavy (non-hydrogen) atoms. The van der Waals surface area contributed by atoms with E-state index in [4.69, 9.17) is 4.74 Å². The van der Waals surface area contributed by atoms with Crippen molar-refractivity contribution < 1.29 is 27.8 Å². The van der Waals surface area contributed by atoms with Crippen LogP contribution in [0.2, 0.25) is 0 Å². The van der Waals surface area contributed by atoms with Crippen molar-refractivity contribution in [1.29, 1.82) is 0 Å². The summed E-state index contributed by atoms with van der Waals surface area (Å²) in [6, 6.07) is 15.9. The fourth-order valence-corrected chi connectivity index (χ4v) is 5.27. The first-order chi connectivity index (χ1) is 19.3. The van der Waals surface area contributed by atoms with Gasteiger partial charge in [-0.2, -0.15) is 13.2 Å². The van der Waals surface area contributed by atoms with Crippen LogP contribution in [0.25, 0.3) is 11.1 Å². The maximum absolute atomic E-state index is 13.2. The fraction of sp³-hybridized carbons (Fsp3) is 0.438. The normalized spacial score (nSPS) is 18.3. The number of hydrogen-bond acceptors (Lipinski definition) is 6. The lowest BCUT2D eigenvalue weighted by Gasteiger charge is -2.41. The molecule has 1 fully saturated rings. The van der Waals surface area contributed by atoms with E-state index in [1.54, 1.807) is 24.5 Å². The van der Waals surface area contributed by atoms with Gasteiger partial charge < -0.3 is 9.84 Å². The minimum Gasteiger partial charge on any atom is -0.463 e. The summed E-state index contributed by atoms with van der Waals surface area (Å²) in [6.07, 6.45) is -1.06. The zero-order valence-corrected chi connectivity index (χ0v) is 24.0. The van der Waals surface area contributed by atoms with Gasteiger partial charge in [0.15, 0.2) is 5.60 Å². The van der Waals surface area contributed by atoms with Crippen LogP contribution >= 0.6 is 0 Å². The number of pyridine rings is 1. The van der Waals surface area contributed by atoms with E-state index < -0.39 is 11.8 Å². The molecule has 2 unspecified atom stereocenters. The molecule has 0 spiro atoms. The number of aryl methyl sites for hydroxylation is 1. The highest BCUT2D eigenvalue weighted by atomic mass is 19.4. The Balaban J connectivity index is 1.48. The molecule has 0 amide bonds. The van der Waals surface area contributed by atoms with Crippen LogP contribution in [0.4, 0.5) is 13.2 Å². The Hall–Kier alpha value is -3.27. The molecule has 2 atom stereocenters. The molecule has 2 aromatic carbocycles. The third-order valence-corrected chi connectivity index (χ3v) is 7.60. The molecule has 6 nitrogen and oxygen atoms in total. The monoisotopic (exact) mass is 569 g/mol. The third kappa shape index (κ3) is 7.72. The topological polar surface area (TPSA) is 65.9 Å². The van der Waals surface area contributed by atoms with Crippen LogP contribution in [-0.4, -0.2) is 63.8 Å². The van der Waals surface area contributed by atoms with Gasteiger partial charge in [-0.15, -0.1) is 0 Å². The maximum Gasteiger partial charge on any atom is 0.421 e. The van der Waals surface area contributed by atoms with Gasteiger partial charge >= 0.3 is 12.1 Å². The van der Waals surface area contributed by atoms with Crippen LogP contribution in [0, 0.1) is 6.92 Å². The molecule has 220 valence electrons. The van der Waals surface area contributed by atoms with Crippen molar-refractivity contribution in [2.24, 2.45) is 0 Å². The Labute approximate surface area is 239 Å². The molecule has 0 saturated carbocycles. The molecule has 0 bridgehead atoms. The molecular weight excluding hydrogens is 531 g/mol. The zero-order chi connectivity index (χ0) is 29.8. The van der Waals surface area contributed by atoms with Crippen molar-refractivity contribution in [1.82, 2.24) is 14.8 Å². The number of esters is 1. The van der Waals surface area contributed by atoms with Crippen LogP contribution in [0.1, 0.15) is 49.4 Å². The van der Waals surface area contributed by atoms with Crippen LogP contribution in [0.15, 0.2) is 67.0 Å². The summed E-state index contributed by atoms with van der Waals surface area (Å²) >= 11 is 0. The lowest BCUT2D eigenvalue weighted by atomic mass is 9.92. The van der Waals surface area contributed by atoms with Crippen molar-refractivity contribution in [3.8, 4) is 11.1 Å². The molecule has 1 aliphatic rings. The van der Waals surface area contributed by atoms with E-state index in [0.717, 1.165) is 55.4 Å². The maximum atomic E-state index is 13.2. The molecule has 1 aliphatic heterocycles. The first-order valence-electron chi connectivity index (χ1n) is 13.9. The number of aromatic nitrogens is 1. The zero-order valence-electron chi connectivity index (χ0n) is 24.0. The molecule has 1 aromatic heterocycles. The highest BCUT2D eigenvalue weighted by Gasteiger charge is 2.51. The molecule has 1 N–H and O–H groups in total. The summed E-state index contributed by atoms with van der Waals surface area (Å²) < 4.78 is 45.2. The third-order valence-electron chi connectivity index (χ3n) is 7.60. The average Bonchev–Trinajstić information content (AvgIpc) is 2.90. The second-order valence-electron chi connectivity index (χ2n) is 11.3. The van der Waals surface area contributed by atoms with E-state index in [1.807, 2.05) is 45.0 Å². The Morgan fingerprint density at radius 1 is 1.02 bits per heavy atom. The van der Waals surface area contributed by atoms with Crippen LogP contribution in [0.5, 0.6) is 0 Å². The van der Waals surface area contributed by atoms with E-state index in [9.17, 15) is 23.1 Å². The van der Waals surface area contributed by atoms with Gasteiger partial charge in [0, 0.05) is 51.2 Å². The second-order valence-corrected chi connectivity index (χ2v) is 11.3. The van der Waals surface area contributed by atoms with E-state index in [-0.39, 0.29) is 23.7 Å².